The fourth-order valence-electron chi connectivity index (χ4n) is 1.49. The van der Waals surface area contributed by atoms with Crippen molar-refractivity contribution in [2.24, 2.45) is 0 Å². The molecule has 0 fully saturated rings. The van der Waals surface area contributed by atoms with Gasteiger partial charge in [-0.25, -0.2) is 4.79 Å². The quantitative estimate of drug-likeness (QED) is 0.698. The summed E-state index contributed by atoms with van der Waals surface area (Å²) in [6, 6.07) is 2.13. The Morgan fingerprint density at radius 1 is 1.58 bits per heavy atom. The molecule has 1 aromatic rings. The van der Waals surface area contributed by atoms with E-state index in [-0.39, 0.29) is 18.8 Å². The number of hydrogen-bond acceptors (Lipinski definition) is 4. The van der Waals surface area contributed by atoms with E-state index in [0.717, 1.165) is 0 Å². The number of furan rings is 1. The number of hydrogen-bond donors (Lipinski definition) is 2. The zero-order chi connectivity index (χ0) is 14.3. The van der Waals surface area contributed by atoms with Crippen LogP contribution >= 0.6 is 0 Å². The van der Waals surface area contributed by atoms with Gasteiger partial charge in [-0.2, -0.15) is 0 Å². The number of ether oxygens (including phenoxy) is 1. The van der Waals surface area contributed by atoms with Crippen LogP contribution in [0.3, 0.4) is 0 Å². The van der Waals surface area contributed by atoms with E-state index in [2.05, 4.69) is 11.9 Å². The number of rotatable bonds is 8. The summed E-state index contributed by atoms with van der Waals surface area (Å²) >= 11 is 0. The van der Waals surface area contributed by atoms with E-state index in [4.69, 9.17) is 14.3 Å². The molecule has 6 nitrogen and oxygen atoms in total. The topological polar surface area (TPSA) is 88.8 Å². The first-order valence-electron chi connectivity index (χ1n) is 5.80. The molecule has 1 atom stereocenters. The maximum absolute atomic E-state index is 11.8. The van der Waals surface area contributed by atoms with Crippen LogP contribution in [0, 0.1) is 0 Å². The van der Waals surface area contributed by atoms with Crippen LogP contribution in [0.1, 0.15) is 29.2 Å². The molecule has 0 aliphatic heterocycles. The third-order valence-corrected chi connectivity index (χ3v) is 2.43. The third-order valence-electron chi connectivity index (χ3n) is 2.43. The van der Waals surface area contributed by atoms with Gasteiger partial charge in [-0.05, 0) is 25.0 Å². The van der Waals surface area contributed by atoms with Gasteiger partial charge in [0.25, 0.3) is 5.91 Å². The summed E-state index contributed by atoms with van der Waals surface area (Å²) in [6.07, 6.45) is 2.40. The highest BCUT2D eigenvalue weighted by Crippen LogP contribution is 2.09. The number of carboxylic acids is 1. The molecule has 104 valence electrons. The summed E-state index contributed by atoms with van der Waals surface area (Å²) < 4.78 is 10.1. The summed E-state index contributed by atoms with van der Waals surface area (Å²) in [5.74, 6) is -1.07. The van der Waals surface area contributed by atoms with Crippen LogP contribution in [0.5, 0.6) is 0 Å². The van der Waals surface area contributed by atoms with E-state index < -0.39 is 17.9 Å². The first-order chi connectivity index (χ1) is 9.08. The van der Waals surface area contributed by atoms with E-state index in [1.807, 2.05) is 0 Å². The van der Waals surface area contributed by atoms with Gasteiger partial charge in [-0.15, -0.1) is 6.58 Å². The molecule has 1 rings (SSSR count). The van der Waals surface area contributed by atoms with E-state index in [0.29, 0.717) is 12.2 Å². The van der Waals surface area contributed by atoms with Crippen molar-refractivity contribution in [3.63, 3.8) is 0 Å². The molecule has 0 radical (unpaired) electrons. The second kappa shape index (κ2) is 7.38. The second-order valence-electron chi connectivity index (χ2n) is 3.93. The minimum absolute atomic E-state index is 0.0666. The Morgan fingerprint density at radius 3 is 2.89 bits per heavy atom. The van der Waals surface area contributed by atoms with Gasteiger partial charge in [0, 0.05) is 7.11 Å². The number of amides is 1. The lowest BCUT2D eigenvalue weighted by atomic mass is 10.1. The van der Waals surface area contributed by atoms with Crippen molar-refractivity contribution in [1.29, 1.82) is 0 Å². The molecule has 0 aliphatic rings. The van der Waals surface area contributed by atoms with Gasteiger partial charge >= 0.3 is 5.97 Å². The van der Waals surface area contributed by atoms with Crippen LogP contribution in [-0.4, -0.2) is 30.1 Å². The Hall–Kier alpha value is -2.08. The number of methoxy groups -OCH3 is 1. The largest absolute Gasteiger partial charge is 0.480 e. The maximum Gasteiger partial charge on any atom is 0.326 e. The van der Waals surface area contributed by atoms with Crippen molar-refractivity contribution in [2.45, 2.75) is 25.5 Å². The lowest BCUT2D eigenvalue weighted by molar-refractivity contribution is -0.139. The van der Waals surface area contributed by atoms with Crippen molar-refractivity contribution in [3.8, 4) is 0 Å². The number of nitrogens with one attached hydrogen (secondary N) is 1. The van der Waals surface area contributed by atoms with Crippen LogP contribution in [-0.2, 0) is 16.1 Å². The van der Waals surface area contributed by atoms with Crippen LogP contribution in [0.25, 0.3) is 0 Å². The number of allylic oxidation sites excluding steroid dienone is 1. The van der Waals surface area contributed by atoms with Crippen molar-refractivity contribution in [3.05, 3.63) is 36.3 Å². The predicted octanol–water partition coefficient (Wildman–Crippen LogP) is 1.58. The summed E-state index contributed by atoms with van der Waals surface area (Å²) in [7, 11) is 1.51. The SMILES string of the molecule is C=CCCC(NC(=O)c1ccc(COC)o1)C(=O)O. The third kappa shape index (κ3) is 4.59. The fourth-order valence-corrected chi connectivity index (χ4v) is 1.49. The lowest BCUT2D eigenvalue weighted by Crippen LogP contribution is -2.40. The highest BCUT2D eigenvalue weighted by Gasteiger charge is 2.21. The first-order valence-corrected chi connectivity index (χ1v) is 5.80. The zero-order valence-electron chi connectivity index (χ0n) is 10.7. The molecule has 6 heteroatoms. The van der Waals surface area contributed by atoms with E-state index in [1.54, 1.807) is 12.1 Å². The van der Waals surface area contributed by atoms with E-state index in [9.17, 15) is 9.59 Å². The van der Waals surface area contributed by atoms with Gasteiger partial charge < -0.3 is 19.6 Å². The lowest BCUT2D eigenvalue weighted by Gasteiger charge is -2.12. The summed E-state index contributed by atoms with van der Waals surface area (Å²) in [4.78, 5) is 22.8. The normalized spacial score (nSPS) is 11.8. The highest BCUT2D eigenvalue weighted by molar-refractivity contribution is 5.94. The Labute approximate surface area is 111 Å². The molecular formula is C13H17NO5. The highest BCUT2D eigenvalue weighted by atomic mass is 16.5. The molecule has 19 heavy (non-hydrogen) atoms. The predicted molar refractivity (Wildman–Crippen MR) is 67.7 cm³/mol. The molecule has 0 aliphatic carbocycles. The molecule has 0 saturated heterocycles. The molecule has 0 saturated carbocycles. The summed E-state index contributed by atoms with van der Waals surface area (Å²) in [5.41, 5.74) is 0. The Morgan fingerprint density at radius 2 is 2.32 bits per heavy atom. The summed E-state index contributed by atoms with van der Waals surface area (Å²) in [6.45, 7) is 3.77. The molecule has 1 aromatic heterocycles. The van der Waals surface area contributed by atoms with E-state index >= 15 is 0 Å². The molecule has 2 N–H and O–H groups in total. The van der Waals surface area contributed by atoms with Crippen LogP contribution in [0.4, 0.5) is 0 Å². The Balaban J connectivity index is 2.64. The standard InChI is InChI=1S/C13H17NO5/c1-3-4-5-10(13(16)17)14-12(15)11-7-6-9(19-11)8-18-2/h3,6-7,10H,1,4-5,8H2,2H3,(H,14,15)(H,16,17). The molecule has 0 aromatic carbocycles. The Kier molecular flexibility index (Phi) is 5.81. The van der Waals surface area contributed by atoms with E-state index in [1.165, 1.54) is 13.2 Å². The van der Waals surface area contributed by atoms with Gasteiger partial charge in [0.2, 0.25) is 0 Å². The fraction of sp³-hybridized carbons (Fsp3) is 0.385. The monoisotopic (exact) mass is 267 g/mol. The average molecular weight is 267 g/mol. The molecule has 1 heterocycles. The van der Waals surface area contributed by atoms with Gasteiger partial charge in [0.1, 0.15) is 18.4 Å². The van der Waals surface area contributed by atoms with Crippen LogP contribution in [0.2, 0.25) is 0 Å². The molecule has 0 bridgehead atoms. The number of carbonyl (C=O) groups is 2. The molecular weight excluding hydrogens is 250 g/mol. The average Bonchev–Trinajstić information content (AvgIpc) is 2.83. The molecule has 0 spiro atoms. The summed E-state index contributed by atoms with van der Waals surface area (Å²) in [5, 5.41) is 11.4. The maximum atomic E-state index is 11.8. The molecule has 1 amide bonds. The van der Waals surface area contributed by atoms with Gasteiger partial charge in [0.15, 0.2) is 5.76 Å². The minimum atomic E-state index is -1.08. The number of carboxylic acid groups (broad SMARTS) is 1. The van der Waals surface area contributed by atoms with Crippen molar-refractivity contribution < 1.29 is 23.8 Å². The minimum Gasteiger partial charge on any atom is -0.480 e. The second-order valence-corrected chi connectivity index (χ2v) is 3.93. The van der Waals surface area contributed by atoms with Crippen molar-refractivity contribution in [1.82, 2.24) is 5.32 Å². The smallest absolute Gasteiger partial charge is 0.326 e. The van der Waals surface area contributed by atoms with Gasteiger partial charge in [-0.3, -0.25) is 4.79 Å². The molecule has 1 unspecified atom stereocenters. The van der Waals surface area contributed by atoms with Gasteiger partial charge in [0.05, 0.1) is 0 Å². The first kappa shape index (κ1) is 15.0. The van der Waals surface area contributed by atoms with Crippen molar-refractivity contribution in [2.75, 3.05) is 7.11 Å². The van der Waals surface area contributed by atoms with Crippen LogP contribution < -0.4 is 5.32 Å². The van der Waals surface area contributed by atoms with Crippen LogP contribution in [0.15, 0.2) is 29.2 Å². The number of aliphatic carboxylic acids is 1. The van der Waals surface area contributed by atoms with Gasteiger partial charge in [-0.1, -0.05) is 6.08 Å². The zero-order valence-corrected chi connectivity index (χ0v) is 10.7. The van der Waals surface area contributed by atoms with Crippen molar-refractivity contribution >= 4 is 11.9 Å². The number of carbonyl (C=O) groups excluding carboxylic acids is 1. The Bertz CT molecular complexity index is 452.